The van der Waals surface area contributed by atoms with Gasteiger partial charge in [0.25, 0.3) is 0 Å². The van der Waals surface area contributed by atoms with Gasteiger partial charge >= 0.3 is 0 Å². The van der Waals surface area contributed by atoms with Gasteiger partial charge in [-0.1, -0.05) is 6.07 Å². The summed E-state index contributed by atoms with van der Waals surface area (Å²) in [7, 11) is 0. The van der Waals surface area contributed by atoms with Crippen molar-refractivity contribution in [2.75, 3.05) is 0 Å². The Balaban J connectivity index is 2.61. The number of aromatic nitrogens is 2. The lowest BCUT2D eigenvalue weighted by atomic mass is 9.98. The molecule has 2 rings (SSSR count). The third-order valence-electron chi connectivity index (χ3n) is 2.14. The Morgan fingerprint density at radius 3 is 2.77 bits per heavy atom. The Morgan fingerprint density at radius 1 is 1.31 bits per heavy atom. The highest BCUT2D eigenvalue weighted by Gasteiger charge is 2.14. The van der Waals surface area contributed by atoms with E-state index in [1.165, 1.54) is 0 Å². The molecule has 3 nitrogen and oxygen atoms in total. The first-order chi connectivity index (χ1) is 6.07. The molecule has 0 aliphatic heterocycles. The molecular formula is C10H13N3. The fraction of sp³-hybridized carbons (Fsp3) is 0.300. The molecule has 13 heavy (non-hydrogen) atoms. The Kier molecular flexibility index (Phi) is 1.63. The maximum Gasteiger partial charge on any atom is 0.0661 e. The molecule has 0 saturated heterocycles. The molecule has 0 amide bonds. The van der Waals surface area contributed by atoms with Crippen LogP contribution in [0.15, 0.2) is 30.6 Å². The van der Waals surface area contributed by atoms with Crippen LogP contribution in [-0.2, 0) is 5.54 Å². The van der Waals surface area contributed by atoms with Crippen molar-refractivity contribution in [3.63, 3.8) is 0 Å². The molecule has 0 aliphatic carbocycles. The number of hydrogen-bond donors (Lipinski definition) is 1. The molecule has 2 aromatic rings. The van der Waals surface area contributed by atoms with E-state index in [4.69, 9.17) is 5.73 Å². The number of rotatable bonds is 1. The van der Waals surface area contributed by atoms with E-state index in [2.05, 4.69) is 5.10 Å². The second-order valence-corrected chi connectivity index (χ2v) is 3.84. The summed E-state index contributed by atoms with van der Waals surface area (Å²) in [6.07, 6.45) is 3.75. The molecule has 2 heterocycles. The van der Waals surface area contributed by atoms with Crippen LogP contribution in [-0.4, -0.2) is 9.61 Å². The average molecular weight is 175 g/mol. The van der Waals surface area contributed by atoms with Crippen LogP contribution in [0.1, 0.15) is 19.4 Å². The summed E-state index contributed by atoms with van der Waals surface area (Å²) in [5, 5.41) is 4.15. The van der Waals surface area contributed by atoms with Crippen LogP contribution in [0.3, 0.4) is 0 Å². The first-order valence-corrected chi connectivity index (χ1v) is 4.30. The van der Waals surface area contributed by atoms with Gasteiger partial charge < -0.3 is 5.73 Å². The zero-order chi connectivity index (χ0) is 9.47. The van der Waals surface area contributed by atoms with Crippen LogP contribution < -0.4 is 5.73 Å². The summed E-state index contributed by atoms with van der Waals surface area (Å²) in [4.78, 5) is 0. The molecule has 68 valence electrons. The lowest BCUT2D eigenvalue weighted by Gasteiger charge is -2.18. The van der Waals surface area contributed by atoms with E-state index < -0.39 is 0 Å². The zero-order valence-electron chi connectivity index (χ0n) is 7.86. The average Bonchev–Trinajstić information content (AvgIpc) is 2.47. The van der Waals surface area contributed by atoms with Crippen LogP contribution >= 0.6 is 0 Å². The third kappa shape index (κ3) is 1.42. The smallest absolute Gasteiger partial charge is 0.0661 e. The van der Waals surface area contributed by atoms with Gasteiger partial charge in [-0.25, -0.2) is 4.52 Å². The van der Waals surface area contributed by atoms with Crippen molar-refractivity contribution in [3.8, 4) is 0 Å². The summed E-state index contributed by atoms with van der Waals surface area (Å²) in [5.74, 6) is 0. The van der Waals surface area contributed by atoms with Gasteiger partial charge in [-0.3, -0.25) is 0 Å². The van der Waals surface area contributed by atoms with Gasteiger partial charge in [0.05, 0.1) is 5.52 Å². The fourth-order valence-electron chi connectivity index (χ4n) is 1.30. The molecule has 0 fully saturated rings. The molecule has 0 saturated carbocycles. The van der Waals surface area contributed by atoms with Crippen LogP contribution in [0, 0.1) is 0 Å². The molecule has 0 radical (unpaired) electrons. The maximum absolute atomic E-state index is 5.98. The molecule has 2 N–H and O–H groups in total. The zero-order valence-corrected chi connectivity index (χ0v) is 7.86. The minimum atomic E-state index is -0.305. The molecular weight excluding hydrogens is 162 g/mol. The number of nitrogens with two attached hydrogens (primary N) is 1. The fourth-order valence-corrected chi connectivity index (χ4v) is 1.30. The predicted molar refractivity (Wildman–Crippen MR) is 52.4 cm³/mol. The molecule has 3 heteroatoms. The largest absolute Gasteiger partial charge is 0.322 e. The Bertz CT molecular complexity index is 423. The highest BCUT2D eigenvalue weighted by molar-refractivity contribution is 5.46. The van der Waals surface area contributed by atoms with Crippen molar-refractivity contribution in [2.24, 2.45) is 5.73 Å². The van der Waals surface area contributed by atoms with Crippen LogP contribution in [0.4, 0.5) is 0 Å². The Hall–Kier alpha value is -1.35. The lowest BCUT2D eigenvalue weighted by molar-refractivity contribution is 0.550. The second kappa shape index (κ2) is 2.57. The summed E-state index contributed by atoms with van der Waals surface area (Å²) in [5.41, 5.74) is 7.85. The predicted octanol–water partition coefficient (Wildman–Crippen LogP) is 1.53. The van der Waals surface area contributed by atoms with E-state index in [-0.39, 0.29) is 5.54 Å². The van der Waals surface area contributed by atoms with Crippen LogP contribution in [0.2, 0.25) is 0 Å². The molecule has 0 unspecified atom stereocenters. The van der Waals surface area contributed by atoms with Crippen LogP contribution in [0.5, 0.6) is 0 Å². The molecule has 0 spiro atoms. The molecule has 0 bridgehead atoms. The van der Waals surface area contributed by atoms with Gasteiger partial charge in [-0.05, 0) is 31.5 Å². The third-order valence-corrected chi connectivity index (χ3v) is 2.14. The standard InChI is InChI=1S/C10H13N3/c1-10(2,11)8-3-4-9-5-6-12-13(9)7-8/h3-7H,11H2,1-2H3. The number of fused-ring (bicyclic) bond motifs is 1. The quantitative estimate of drug-likeness (QED) is 0.714. The van der Waals surface area contributed by atoms with Crippen molar-refractivity contribution in [3.05, 3.63) is 36.2 Å². The van der Waals surface area contributed by atoms with Gasteiger partial charge in [0, 0.05) is 17.9 Å². The van der Waals surface area contributed by atoms with Crippen molar-refractivity contribution in [2.45, 2.75) is 19.4 Å². The lowest BCUT2D eigenvalue weighted by Crippen LogP contribution is -2.28. The first-order valence-electron chi connectivity index (χ1n) is 4.30. The summed E-state index contributed by atoms with van der Waals surface area (Å²) in [6.45, 7) is 3.97. The minimum absolute atomic E-state index is 0.305. The Labute approximate surface area is 77.2 Å². The van der Waals surface area contributed by atoms with E-state index in [0.717, 1.165) is 11.1 Å². The summed E-state index contributed by atoms with van der Waals surface area (Å²) < 4.78 is 1.84. The Morgan fingerprint density at radius 2 is 2.08 bits per heavy atom. The highest BCUT2D eigenvalue weighted by atomic mass is 15.2. The monoisotopic (exact) mass is 175 g/mol. The molecule has 0 aromatic carbocycles. The van der Waals surface area contributed by atoms with E-state index >= 15 is 0 Å². The SMILES string of the molecule is CC(C)(N)c1ccc2ccnn2c1. The maximum atomic E-state index is 5.98. The van der Waals surface area contributed by atoms with Crippen molar-refractivity contribution in [1.29, 1.82) is 0 Å². The van der Waals surface area contributed by atoms with Gasteiger partial charge in [0.1, 0.15) is 0 Å². The number of nitrogens with zero attached hydrogens (tertiary/aromatic N) is 2. The van der Waals surface area contributed by atoms with Crippen LogP contribution in [0.25, 0.3) is 5.52 Å². The highest BCUT2D eigenvalue weighted by Crippen LogP contribution is 2.16. The minimum Gasteiger partial charge on any atom is -0.322 e. The topological polar surface area (TPSA) is 43.3 Å². The van der Waals surface area contributed by atoms with Gasteiger partial charge in [-0.15, -0.1) is 0 Å². The van der Waals surface area contributed by atoms with Crippen molar-refractivity contribution >= 4 is 5.52 Å². The number of pyridine rings is 1. The van der Waals surface area contributed by atoms with Crippen molar-refractivity contribution < 1.29 is 0 Å². The summed E-state index contributed by atoms with van der Waals surface area (Å²) >= 11 is 0. The molecule has 2 aromatic heterocycles. The van der Waals surface area contributed by atoms with E-state index in [0.29, 0.717) is 0 Å². The first kappa shape index (κ1) is 8.26. The van der Waals surface area contributed by atoms with Gasteiger partial charge in [-0.2, -0.15) is 5.10 Å². The molecule has 0 aliphatic rings. The van der Waals surface area contributed by atoms with E-state index in [9.17, 15) is 0 Å². The molecule has 0 atom stereocenters. The summed E-state index contributed by atoms with van der Waals surface area (Å²) in [6, 6.07) is 6.03. The van der Waals surface area contributed by atoms with E-state index in [1.54, 1.807) is 6.20 Å². The van der Waals surface area contributed by atoms with Gasteiger partial charge in [0.2, 0.25) is 0 Å². The second-order valence-electron chi connectivity index (χ2n) is 3.84. The van der Waals surface area contributed by atoms with Gasteiger partial charge in [0.15, 0.2) is 0 Å². The van der Waals surface area contributed by atoms with E-state index in [1.807, 2.05) is 42.8 Å². The normalized spacial score (nSPS) is 12.2. The number of hydrogen-bond acceptors (Lipinski definition) is 2. The van der Waals surface area contributed by atoms with Crippen molar-refractivity contribution in [1.82, 2.24) is 9.61 Å².